The van der Waals surface area contributed by atoms with E-state index in [9.17, 15) is 4.79 Å². The zero-order valence-corrected chi connectivity index (χ0v) is 14.6. The van der Waals surface area contributed by atoms with Gasteiger partial charge in [0, 0.05) is 42.5 Å². The van der Waals surface area contributed by atoms with Gasteiger partial charge < -0.3 is 15.7 Å². The molecule has 6 heteroatoms. The fourth-order valence-corrected chi connectivity index (χ4v) is 2.97. The fourth-order valence-electron chi connectivity index (χ4n) is 2.57. The van der Waals surface area contributed by atoms with Crippen molar-refractivity contribution in [1.29, 1.82) is 0 Å². The molecule has 0 radical (unpaired) electrons. The second kappa shape index (κ2) is 9.23. The minimum absolute atomic E-state index is 0.0208. The van der Waals surface area contributed by atoms with Gasteiger partial charge in [0.25, 0.3) is 0 Å². The number of benzene rings is 1. The monoisotopic (exact) mass is 346 g/mol. The van der Waals surface area contributed by atoms with E-state index in [-0.39, 0.29) is 18.4 Å². The first-order valence-electron chi connectivity index (χ1n) is 7.35. The zero-order valence-electron chi connectivity index (χ0n) is 13.1. The number of halogens is 2. The second-order valence-electron chi connectivity index (χ2n) is 5.47. The fraction of sp³-hybridized carbons (Fsp3) is 0.562. The van der Waals surface area contributed by atoms with E-state index < -0.39 is 5.97 Å². The molecular weight excluding hydrogens is 323 g/mol. The predicted molar refractivity (Wildman–Crippen MR) is 93.5 cm³/mol. The van der Waals surface area contributed by atoms with Crippen LogP contribution in [0.4, 0.5) is 5.69 Å². The summed E-state index contributed by atoms with van der Waals surface area (Å²) in [6.07, 6.45) is 0.0208. The summed E-state index contributed by atoms with van der Waals surface area (Å²) in [4.78, 5) is 13.2. The van der Waals surface area contributed by atoms with E-state index in [1.54, 1.807) is 0 Å². The highest BCUT2D eigenvalue weighted by molar-refractivity contribution is 6.18. The number of alkyl halides is 2. The molecule has 1 rings (SSSR count). The minimum atomic E-state index is -0.842. The lowest BCUT2D eigenvalue weighted by molar-refractivity contribution is -0.137. The van der Waals surface area contributed by atoms with Crippen molar-refractivity contribution in [2.24, 2.45) is 5.73 Å². The Morgan fingerprint density at radius 1 is 1.32 bits per heavy atom. The Morgan fingerprint density at radius 3 is 2.36 bits per heavy atom. The predicted octanol–water partition coefficient (Wildman–Crippen LogP) is 3.18. The van der Waals surface area contributed by atoms with Crippen LogP contribution < -0.4 is 10.6 Å². The summed E-state index contributed by atoms with van der Waals surface area (Å²) in [6.45, 7) is 5.20. The average molecular weight is 347 g/mol. The molecule has 0 spiro atoms. The molecule has 0 saturated heterocycles. The smallest absolute Gasteiger partial charge is 0.304 e. The quantitative estimate of drug-likeness (QED) is 0.674. The third-order valence-corrected chi connectivity index (χ3v) is 4.10. The molecule has 0 saturated carbocycles. The van der Waals surface area contributed by atoms with Gasteiger partial charge in [-0.2, -0.15) is 0 Å². The molecule has 1 aromatic carbocycles. The zero-order chi connectivity index (χ0) is 16.7. The molecule has 124 valence electrons. The lowest BCUT2D eigenvalue weighted by Crippen LogP contribution is -2.29. The average Bonchev–Trinajstić information content (AvgIpc) is 2.45. The number of nitrogens with two attached hydrogens (primary N) is 1. The van der Waals surface area contributed by atoms with E-state index in [0.717, 1.165) is 16.8 Å². The minimum Gasteiger partial charge on any atom is -0.481 e. The number of hydrogen-bond donors (Lipinski definition) is 2. The second-order valence-corrected chi connectivity index (χ2v) is 6.23. The van der Waals surface area contributed by atoms with Crippen LogP contribution in [0.5, 0.6) is 0 Å². The molecule has 0 bridgehead atoms. The molecule has 1 aromatic rings. The van der Waals surface area contributed by atoms with Crippen LogP contribution in [0.1, 0.15) is 30.4 Å². The maximum Gasteiger partial charge on any atom is 0.304 e. The number of carboxylic acid groups (broad SMARTS) is 1. The Morgan fingerprint density at radius 2 is 1.91 bits per heavy atom. The van der Waals surface area contributed by atoms with Crippen LogP contribution in [-0.2, 0) is 4.79 Å². The number of carboxylic acids is 1. The first kappa shape index (κ1) is 19.1. The van der Waals surface area contributed by atoms with Gasteiger partial charge in [-0.25, -0.2) is 0 Å². The Hall–Kier alpha value is -0.970. The third-order valence-electron chi connectivity index (χ3n) is 3.77. The number of nitrogens with zero attached hydrogens (tertiary/aromatic N) is 1. The van der Waals surface area contributed by atoms with Gasteiger partial charge in [0.2, 0.25) is 0 Å². The van der Waals surface area contributed by atoms with Crippen LogP contribution >= 0.6 is 23.2 Å². The van der Waals surface area contributed by atoms with E-state index >= 15 is 0 Å². The molecule has 0 fully saturated rings. The first-order valence-corrected chi connectivity index (χ1v) is 8.42. The first-order chi connectivity index (χ1) is 10.4. The lowest BCUT2D eigenvalue weighted by Gasteiger charge is -2.27. The van der Waals surface area contributed by atoms with E-state index in [0.29, 0.717) is 24.8 Å². The maximum atomic E-state index is 11.1. The molecule has 0 aliphatic carbocycles. The molecule has 3 N–H and O–H groups in total. The van der Waals surface area contributed by atoms with Crippen molar-refractivity contribution in [2.75, 3.05) is 29.7 Å². The van der Waals surface area contributed by atoms with Gasteiger partial charge >= 0.3 is 5.97 Å². The molecule has 0 heterocycles. The summed E-state index contributed by atoms with van der Waals surface area (Å²) in [6, 6.07) is 5.79. The highest BCUT2D eigenvalue weighted by Crippen LogP contribution is 2.29. The third kappa shape index (κ3) is 5.34. The van der Waals surface area contributed by atoms with Gasteiger partial charge in [-0.05, 0) is 37.1 Å². The van der Waals surface area contributed by atoms with Gasteiger partial charge in [0.05, 0.1) is 6.42 Å². The molecule has 4 nitrogen and oxygen atoms in total. The van der Waals surface area contributed by atoms with Crippen molar-refractivity contribution in [1.82, 2.24) is 0 Å². The van der Waals surface area contributed by atoms with Gasteiger partial charge in [-0.15, -0.1) is 23.2 Å². The normalized spacial score (nSPS) is 13.7. The van der Waals surface area contributed by atoms with E-state index in [4.69, 9.17) is 34.0 Å². The summed E-state index contributed by atoms with van der Waals surface area (Å²) in [5.74, 6) is -0.0467. The molecule has 2 atom stereocenters. The van der Waals surface area contributed by atoms with Crippen LogP contribution in [0.2, 0.25) is 0 Å². The van der Waals surface area contributed by atoms with E-state index in [2.05, 4.69) is 4.90 Å². The van der Waals surface area contributed by atoms with Crippen molar-refractivity contribution < 1.29 is 9.90 Å². The highest BCUT2D eigenvalue weighted by Gasteiger charge is 2.22. The van der Waals surface area contributed by atoms with Gasteiger partial charge in [-0.1, -0.05) is 6.07 Å². The van der Waals surface area contributed by atoms with Crippen LogP contribution in [0.3, 0.4) is 0 Å². The summed E-state index contributed by atoms with van der Waals surface area (Å²) >= 11 is 11.7. The Balaban J connectivity index is 3.17. The number of hydrogen-bond acceptors (Lipinski definition) is 3. The van der Waals surface area contributed by atoms with Crippen LogP contribution in [0.25, 0.3) is 0 Å². The van der Waals surface area contributed by atoms with Crippen molar-refractivity contribution in [3.05, 3.63) is 29.3 Å². The molecule has 0 amide bonds. The van der Waals surface area contributed by atoms with Crippen LogP contribution in [-0.4, -0.2) is 42.0 Å². The Kier molecular flexibility index (Phi) is 8.01. The summed E-state index contributed by atoms with van der Waals surface area (Å²) in [5.41, 5.74) is 9.03. The topological polar surface area (TPSA) is 66.6 Å². The van der Waals surface area contributed by atoms with Crippen LogP contribution in [0.15, 0.2) is 18.2 Å². The molecule has 0 aliphatic heterocycles. The summed E-state index contributed by atoms with van der Waals surface area (Å²) < 4.78 is 0. The van der Waals surface area contributed by atoms with Crippen molar-refractivity contribution in [3.8, 4) is 0 Å². The Labute approximate surface area is 142 Å². The van der Waals surface area contributed by atoms with Gasteiger partial charge in [0.1, 0.15) is 0 Å². The Bertz CT molecular complexity index is 489. The summed E-state index contributed by atoms with van der Waals surface area (Å²) in [5, 5.41) is 9.13. The molecule has 2 unspecified atom stereocenters. The lowest BCUT2D eigenvalue weighted by atomic mass is 9.86. The van der Waals surface area contributed by atoms with E-state index in [1.807, 2.05) is 32.0 Å². The largest absolute Gasteiger partial charge is 0.481 e. The van der Waals surface area contributed by atoms with E-state index in [1.165, 1.54) is 0 Å². The standard InChI is InChI=1S/C16H24Cl2N2O2/c1-11-3-4-13(20(7-5-17)8-6-18)9-14(11)15(12(2)19)10-16(21)22/h3-4,9,12,15H,5-8,10,19H2,1-2H3,(H,21,22). The number of aliphatic carboxylic acids is 1. The van der Waals surface area contributed by atoms with Crippen molar-refractivity contribution >= 4 is 34.9 Å². The molecule has 0 aromatic heterocycles. The van der Waals surface area contributed by atoms with Gasteiger partial charge in [-0.3, -0.25) is 4.79 Å². The SMILES string of the molecule is Cc1ccc(N(CCCl)CCCl)cc1C(CC(=O)O)C(C)N. The highest BCUT2D eigenvalue weighted by atomic mass is 35.5. The maximum absolute atomic E-state index is 11.1. The van der Waals surface area contributed by atoms with Crippen molar-refractivity contribution in [3.63, 3.8) is 0 Å². The number of rotatable bonds is 9. The number of anilines is 1. The molecule has 22 heavy (non-hydrogen) atoms. The summed E-state index contributed by atoms with van der Waals surface area (Å²) in [7, 11) is 0. The van der Waals surface area contributed by atoms with Crippen molar-refractivity contribution in [2.45, 2.75) is 32.2 Å². The number of carbonyl (C=O) groups is 1. The number of aryl methyl sites for hydroxylation is 1. The molecule has 0 aliphatic rings. The molecular formula is C16H24Cl2N2O2. The van der Waals surface area contributed by atoms with Gasteiger partial charge in [0.15, 0.2) is 0 Å². The van der Waals surface area contributed by atoms with Crippen LogP contribution in [0, 0.1) is 6.92 Å².